The molecule has 1 N–H and O–H groups in total. The highest BCUT2D eigenvalue weighted by Crippen LogP contribution is 2.48. The molecule has 4 heteroatoms. The van der Waals surface area contributed by atoms with Gasteiger partial charge in [0.1, 0.15) is 5.82 Å². The van der Waals surface area contributed by atoms with Gasteiger partial charge in [-0.1, -0.05) is 6.42 Å². The first-order chi connectivity index (χ1) is 8.20. The molecule has 17 heavy (non-hydrogen) atoms. The average Bonchev–Trinajstić information content (AvgIpc) is 2.86. The average molecular weight is 252 g/mol. The van der Waals surface area contributed by atoms with Crippen LogP contribution < -0.4 is 5.32 Å². The van der Waals surface area contributed by atoms with E-state index in [0.29, 0.717) is 5.28 Å². The van der Waals surface area contributed by atoms with E-state index in [-0.39, 0.29) is 0 Å². The van der Waals surface area contributed by atoms with Gasteiger partial charge in [0, 0.05) is 18.3 Å². The van der Waals surface area contributed by atoms with Crippen LogP contribution in [0.2, 0.25) is 5.28 Å². The Hall–Kier alpha value is -0.830. The molecule has 1 aromatic rings. The van der Waals surface area contributed by atoms with Crippen molar-refractivity contribution in [3.8, 4) is 0 Å². The number of nitrogens with zero attached hydrogens (tertiary/aromatic N) is 2. The van der Waals surface area contributed by atoms with E-state index in [1.54, 1.807) is 0 Å². The lowest BCUT2D eigenvalue weighted by Gasteiger charge is -2.22. The van der Waals surface area contributed by atoms with Gasteiger partial charge in [-0.2, -0.15) is 0 Å². The van der Waals surface area contributed by atoms with Gasteiger partial charge >= 0.3 is 0 Å². The van der Waals surface area contributed by atoms with Crippen molar-refractivity contribution in [3.05, 3.63) is 17.0 Å². The first-order valence-corrected chi connectivity index (χ1v) is 6.83. The van der Waals surface area contributed by atoms with Gasteiger partial charge in [0.25, 0.3) is 0 Å². The summed E-state index contributed by atoms with van der Waals surface area (Å²) in [4.78, 5) is 8.27. The number of hydrogen-bond donors (Lipinski definition) is 1. The second-order valence-electron chi connectivity index (χ2n) is 5.48. The van der Waals surface area contributed by atoms with E-state index in [1.807, 2.05) is 13.0 Å². The van der Waals surface area contributed by atoms with E-state index in [2.05, 4.69) is 15.3 Å². The molecule has 3 unspecified atom stereocenters. The van der Waals surface area contributed by atoms with Crippen LogP contribution in [0.15, 0.2) is 6.07 Å². The molecule has 0 aromatic carbocycles. The molecular formula is C13H18ClN3. The summed E-state index contributed by atoms with van der Waals surface area (Å²) in [6.45, 7) is 2.98. The maximum atomic E-state index is 5.85. The quantitative estimate of drug-likeness (QED) is 0.838. The Bertz CT molecular complexity index is 401. The van der Waals surface area contributed by atoms with Crippen molar-refractivity contribution in [3.63, 3.8) is 0 Å². The normalized spacial score (nSPS) is 30.8. The maximum absolute atomic E-state index is 5.85. The third-order valence-corrected chi connectivity index (χ3v) is 4.43. The monoisotopic (exact) mass is 251 g/mol. The number of fused-ring (bicyclic) bond motifs is 2. The molecule has 3 rings (SSSR count). The summed E-state index contributed by atoms with van der Waals surface area (Å²) in [6, 6.07) is 1.96. The summed E-state index contributed by atoms with van der Waals surface area (Å²) in [5.41, 5.74) is 0.917. The number of aryl methyl sites for hydroxylation is 1. The summed E-state index contributed by atoms with van der Waals surface area (Å²) in [7, 11) is 0. The van der Waals surface area contributed by atoms with Crippen LogP contribution in [0.1, 0.15) is 31.4 Å². The molecule has 1 heterocycles. The molecule has 92 valence electrons. The topological polar surface area (TPSA) is 37.8 Å². The SMILES string of the molecule is Cc1cc(NCC2CC3CCC2C3)nc(Cl)n1. The fraction of sp³-hybridized carbons (Fsp3) is 0.692. The Morgan fingerprint density at radius 1 is 1.35 bits per heavy atom. The summed E-state index contributed by atoms with van der Waals surface area (Å²) in [6.07, 6.45) is 5.74. The highest BCUT2D eigenvalue weighted by molar-refractivity contribution is 6.28. The van der Waals surface area contributed by atoms with Crippen molar-refractivity contribution >= 4 is 17.4 Å². The van der Waals surface area contributed by atoms with Crippen molar-refractivity contribution < 1.29 is 0 Å². The van der Waals surface area contributed by atoms with E-state index in [0.717, 1.165) is 35.8 Å². The molecule has 0 spiro atoms. The molecule has 3 atom stereocenters. The Kier molecular flexibility index (Phi) is 2.95. The largest absolute Gasteiger partial charge is 0.370 e. The first-order valence-electron chi connectivity index (χ1n) is 6.46. The summed E-state index contributed by atoms with van der Waals surface area (Å²) in [5, 5.41) is 3.75. The van der Waals surface area contributed by atoms with Crippen LogP contribution >= 0.6 is 11.6 Å². The molecule has 2 aliphatic rings. The number of anilines is 1. The number of rotatable bonds is 3. The number of aromatic nitrogens is 2. The first kappa shape index (κ1) is 11.3. The lowest BCUT2D eigenvalue weighted by Crippen LogP contribution is -2.20. The molecule has 2 bridgehead atoms. The van der Waals surface area contributed by atoms with Crippen LogP contribution in [0, 0.1) is 24.7 Å². The van der Waals surface area contributed by atoms with Crippen LogP contribution in [-0.4, -0.2) is 16.5 Å². The summed E-state index contributed by atoms with van der Waals surface area (Å²) >= 11 is 5.85. The summed E-state index contributed by atoms with van der Waals surface area (Å²) in [5.74, 6) is 3.65. The van der Waals surface area contributed by atoms with Crippen molar-refractivity contribution in [2.75, 3.05) is 11.9 Å². The molecular weight excluding hydrogens is 234 g/mol. The molecule has 0 radical (unpaired) electrons. The zero-order valence-corrected chi connectivity index (χ0v) is 10.9. The molecule has 0 aliphatic heterocycles. The Balaban J connectivity index is 1.60. The van der Waals surface area contributed by atoms with Gasteiger partial charge in [0.05, 0.1) is 0 Å². The van der Waals surface area contributed by atoms with Crippen molar-refractivity contribution in [2.45, 2.75) is 32.6 Å². The number of halogens is 1. The summed E-state index contributed by atoms with van der Waals surface area (Å²) < 4.78 is 0. The molecule has 0 saturated heterocycles. The van der Waals surface area contributed by atoms with Gasteiger partial charge in [-0.15, -0.1) is 0 Å². The van der Waals surface area contributed by atoms with Gasteiger partial charge in [0.15, 0.2) is 0 Å². The van der Waals surface area contributed by atoms with Crippen LogP contribution in [0.25, 0.3) is 0 Å². The number of hydrogen-bond acceptors (Lipinski definition) is 3. The zero-order valence-electron chi connectivity index (χ0n) is 10.1. The predicted molar refractivity (Wildman–Crippen MR) is 69.2 cm³/mol. The minimum Gasteiger partial charge on any atom is -0.370 e. The zero-order chi connectivity index (χ0) is 11.8. The minimum absolute atomic E-state index is 0.334. The fourth-order valence-electron chi connectivity index (χ4n) is 3.49. The van der Waals surface area contributed by atoms with Crippen LogP contribution in [0.4, 0.5) is 5.82 Å². The van der Waals surface area contributed by atoms with Crippen molar-refractivity contribution in [2.24, 2.45) is 17.8 Å². The lowest BCUT2D eigenvalue weighted by molar-refractivity contribution is 0.348. The Labute approximate surface area is 107 Å². The Morgan fingerprint density at radius 2 is 2.24 bits per heavy atom. The second kappa shape index (κ2) is 4.45. The van der Waals surface area contributed by atoms with E-state index >= 15 is 0 Å². The minimum atomic E-state index is 0.334. The van der Waals surface area contributed by atoms with Crippen LogP contribution in [0.3, 0.4) is 0 Å². The molecule has 1 aromatic heterocycles. The smallest absolute Gasteiger partial charge is 0.224 e. The van der Waals surface area contributed by atoms with Gasteiger partial charge in [-0.05, 0) is 55.5 Å². The molecule has 2 saturated carbocycles. The highest BCUT2D eigenvalue weighted by Gasteiger charge is 2.39. The van der Waals surface area contributed by atoms with Crippen LogP contribution in [-0.2, 0) is 0 Å². The van der Waals surface area contributed by atoms with E-state index < -0.39 is 0 Å². The molecule has 2 fully saturated rings. The predicted octanol–water partition coefficient (Wildman–Crippen LogP) is 3.29. The van der Waals surface area contributed by atoms with E-state index in [9.17, 15) is 0 Å². The van der Waals surface area contributed by atoms with Gasteiger partial charge < -0.3 is 5.32 Å². The molecule has 0 amide bonds. The van der Waals surface area contributed by atoms with Gasteiger partial charge in [0.2, 0.25) is 5.28 Å². The highest BCUT2D eigenvalue weighted by atomic mass is 35.5. The Morgan fingerprint density at radius 3 is 2.88 bits per heavy atom. The second-order valence-corrected chi connectivity index (χ2v) is 5.82. The third kappa shape index (κ3) is 2.39. The van der Waals surface area contributed by atoms with Crippen molar-refractivity contribution in [1.82, 2.24) is 9.97 Å². The number of nitrogens with one attached hydrogen (secondary N) is 1. The van der Waals surface area contributed by atoms with Gasteiger partial charge in [-0.25, -0.2) is 9.97 Å². The van der Waals surface area contributed by atoms with Crippen LogP contribution in [0.5, 0.6) is 0 Å². The van der Waals surface area contributed by atoms with Crippen molar-refractivity contribution in [1.29, 1.82) is 0 Å². The maximum Gasteiger partial charge on any atom is 0.224 e. The third-order valence-electron chi connectivity index (χ3n) is 4.26. The molecule has 3 nitrogen and oxygen atoms in total. The van der Waals surface area contributed by atoms with E-state index in [4.69, 9.17) is 11.6 Å². The molecule has 2 aliphatic carbocycles. The lowest BCUT2D eigenvalue weighted by atomic mass is 9.89. The standard InChI is InChI=1S/C13H18ClN3/c1-8-4-12(17-13(14)16-8)15-7-11-6-9-2-3-10(11)5-9/h4,9-11H,2-3,5-7H2,1H3,(H,15,16,17). The van der Waals surface area contributed by atoms with E-state index in [1.165, 1.54) is 25.7 Å². The fourth-order valence-corrected chi connectivity index (χ4v) is 3.71. The van der Waals surface area contributed by atoms with Gasteiger partial charge in [-0.3, -0.25) is 0 Å².